The van der Waals surface area contributed by atoms with E-state index in [-0.39, 0.29) is 17.8 Å². The van der Waals surface area contributed by atoms with Gasteiger partial charge in [-0.05, 0) is 30.5 Å². The molecular weight excluding hydrogens is 381 g/mol. The number of carbonyl (C=O) groups is 1. The van der Waals surface area contributed by atoms with Gasteiger partial charge in [0.25, 0.3) is 0 Å². The molecule has 1 fully saturated rings. The molecule has 0 radical (unpaired) electrons. The van der Waals surface area contributed by atoms with E-state index in [4.69, 9.17) is 4.52 Å². The normalized spacial score (nSPS) is 14.6. The van der Waals surface area contributed by atoms with E-state index in [2.05, 4.69) is 10.1 Å². The second-order valence-electron chi connectivity index (χ2n) is 7.82. The third-order valence-electron chi connectivity index (χ3n) is 5.65. The number of rotatable bonds is 7. The Morgan fingerprint density at radius 2 is 1.77 bits per heavy atom. The predicted octanol–water partition coefficient (Wildman–Crippen LogP) is 5.17. The molecule has 0 aliphatic heterocycles. The lowest BCUT2D eigenvalue weighted by Crippen LogP contribution is -2.41. The first-order valence-corrected chi connectivity index (χ1v) is 10.6. The number of aromatic nitrogens is 2. The zero-order valence-electron chi connectivity index (χ0n) is 17.0. The second-order valence-corrected chi connectivity index (χ2v) is 7.82. The van der Waals surface area contributed by atoms with Crippen LogP contribution in [-0.2, 0) is 17.8 Å². The minimum atomic E-state index is -0.264. The smallest absolute Gasteiger partial charge is 0.227 e. The minimum absolute atomic E-state index is 0.0747. The van der Waals surface area contributed by atoms with Gasteiger partial charge in [-0.25, -0.2) is 4.39 Å². The molecule has 6 heteroatoms. The number of hydrogen-bond acceptors (Lipinski definition) is 4. The molecule has 2 aromatic carbocycles. The highest BCUT2D eigenvalue weighted by molar-refractivity contribution is 5.76. The zero-order valence-corrected chi connectivity index (χ0v) is 17.0. The Morgan fingerprint density at radius 3 is 2.50 bits per heavy atom. The number of carbonyl (C=O) groups excluding carboxylic acids is 1. The summed E-state index contributed by atoms with van der Waals surface area (Å²) in [6.07, 6.45) is 6.26. The Labute approximate surface area is 175 Å². The Hall–Kier alpha value is -3.02. The molecule has 1 aromatic heterocycles. The molecule has 30 heavy (non-hydrogen) atoms. The molecule has 0 atom stereocenters. The fraction of sp³-hybridized carbons (Fsp3) is 0.375. The molecule has 0 spiro atoms. The van der Waals surface area contributed by atoms with Crippen LogP contribution in [0.5, 0.6) is 0 Å². The van der Waals surface area contributed by atoms with Crippen LogP contribution in [0.25, 0.3) is 11.4 Å². The maximum absolute atomic E-state index is 13.3. The molecule has 4 rings (SSSR count). The van der Waals surface area contributed by atoms with Crippen molar-refractivity contribution in [1.82, 2.24) is 15.0 Å². The first-order valence-electron chi connectivity index (χ1n) is 10.6. The molecule has 1 heterocycles. The van der Waals surface area contributed by atoms with E-state index in [0.29, 0.717) is 31.1 Å². The van der Waals surface area contributed by atoms with Crippen molar-refractivity contribution in [3.05, 3.63) is 71.9 Å². The molecule has 0 saturated heterocycles. The molecule has 156 valence electrons. The van der Waals surface area contributed by atoms with Crippen LogP contribution in [0.1, 0.15) is 50.0 Å². The first-order chi connectivity index (χ1) is 14.7. The van der Waals surface area contributed by atoms with Crippen molar-refractivity contribution in [1.29, 1.82) is 0 Å². The summed E-state index contributed by atoms with van der Waals surface area (Å²) >= 11 is 0. The van der Waals surface area contributed by atoms with E-state index >= 15 is 0 Å². The molecule has 0 N–H and O–H groups in total. The second kappa shape index (κ2) is 9.65. The monoisotopic (exact) mass is 407 g/mol. The van der Waals surface area contributed by atoms with Gasteiger partial charge < -0.3 is 9.42 Å². The molecule has 1 aliphatic carbocycles. The van der Waals surface area contributed by atoms with Gasteiger partial charge in [0.1, 0.15) is 5.82 Å². The van der Waals surface area contributed by atoms with Crippen LogP contribution in [0.3, 0.4) is 0 Å². The molecule has 1 amide bonds. The molecule has 0 unspecified atom stereocenters. The number of halogens is 1. The van der Waals surface area contributed by atoms with Crippen LogP contribution in [0.2, 0.25) is 0 Å². The van der Waals surface area contributed by atoms with E-state index in [1.165, 1.54) is 18.6 Å². The van der Waals surface area contributed by atoms with Gasteiger partial charge in [-0.3, -0.25) is 4.79 Å². The van der Waals surface area contributed by atoms with Crippen molar-refractivity contribution in [2.75, 3.05) is 0 Å². The van der Waals surface area contributed by atoms with Crippen LogP contribution >= 0.6 is 0 Å². The van der Waals surface area contributed by atoms with E-state index in [9.17, 15) is 9.18 Å². The van der Waals surface area contributed by atoms with Crippen molar-refractivity contribution in [2.45, 2.75) is 57.5 Å². The van der Waals surface area contributed by atoms with E-state index in [0.717, 1.165) is 36.8 Å². The van der Waals surface area contributed by atoms with Crippen molar-refractivity contribution in [3.8, 4) is 11.4 Å². The third-order valence-corrected chi connectivity index (χ3v) is 5.65. The summed E-state index contributed by atoms with van der Waals surface area (Å²) in [6.45, 7) is 0.503. The fourth-order valence-corrected chi connectivity index (χ4v) is 4.02. The van der Waals surface area contributed by atoms with Crippen LogP contribution in [-0.4, -0.2) is 27.0 Å². The summed E-state index contributed by atoms with van der Waals surface area (Å²) in [5, 5.41) is 4.03. The highest BCUT2D eigenvalue weighted by atomic mass is 19.1. The summed E-state index contributed by atoms with van der Waals surface area (Å²) in [4.78, 5) is 19.5. The molecular formula is C24H26FN3O2. The average Bonchev–Trinajstić information content (AvgIpc) is 3.27. The Balaban J connectivity index is 1.42. The Bertz CT molecular complexity index is 950. The summed E-state index contributed by atoms with van der Waals surface area (Å²) in [5.41, 5.74) is 1.83. The number of nitrogens with zero attached hydrogens (tertiary/aromatic N) is 3. The van der Waals surface area contributed by atoms with Gasteiger partial charge in [0, 0.05) is 31.0 Å². The number of aryl methyl sites for hydroxylation is 1. The van der Waals surface area contributed by atoms with Crippen molar-refractivity contribution in [3.63, 3.8) is 0 Å². The Morgan fingerprint density at radius 1 is 1.03 bits per heavy atom. The van der Waals surface area contributed by atoms with E-state index in [1.807, 2.05) is 35.2 Å². The molecule has 3 aromatic rings. The largest absolute Gasteiger partial charge is 0.339 e. The predicted molar refractivity (Wildman–Crippen MR) is 112 cm³/mol. The van der Waals surface area contributed by atoms with Crippen molar-refractivity contribution >= 4 is 5.91 Å². The fourth-order valence-electron chi connectivity index (χ4n) is 4.02. The third kappa shape index (κ3) is 5.12. The van der Waals surface area contributed by atoms with Gasteiger partial charge in [-0.2, -0.15) is 4.98 Å². The zero-order chi connectivity index (χ0) is 20.8. The summed E-state index contributed by atoms with van der Waals surface area (Å²) in [5.74, 6) is 0.812. The maximum atomic E-state index is 13.3. The van der Waals surface area contributed by atoms with Crippen molar-refractivity contribution < 1.29 is 13.7 Å². The topological polar surface area (TPSA) is 59.2 Å². The maximum Gasteiger partial charge on any atom is 0.227 e. The SMILES string of the molecule is O=C(CCc1nc(-c2ccccc2)no1)N(Cc1ccc(F)cc1)C1CCCCC1. The van der Waals surface area contributed by atoms with Gasteiger partial charge in [0.15, 0.2) is 0 Å². The minimum Gasteiger partial charge on any atom is -0.339 e. The van der Waals surface area contributed by atoms with Crippen LogP contribution in [0.4, 0.5) is 4.39 Å². The lowest BCUT2D eigenvalue weighted by molar-refractivity contribution is -0.135. The first kappa shape index (κ1) is 20.3. The quantitative estimate of drug-likeness (QED) is 0.542. The van der Waals surface area contributed by atoms with Crippen LogP contribution in [0.15, 0.2) is 59.1 Å². The summed E-state index contributed by atoms with van der Waals surface area (Å²) in [6, 6.07) is 16.3. The van der Waals surface area contributed by atoms with Gasteiger partial charge in [-0.1, -0.05) is 66.9 Å². The average molecular weight is 407 g/mol. The standard InChI is InChI=1S/C24H26FN3O2/c25-20-13-11-18(12-14-20)17-28(21-9-5-2-6-10-21)23(29)16-15-22-26-24(27-30-22)19-7-3-1-4-8-19/h1,3-4,7-8,11-14,21H,2,5-6,9-10,15-17H2. The van der Waals surface area contributed by atoms with Gasteiger partial charge in [0.05, 0.1) is 0 Å². The highest BCUT2D eigenvalue weighted by Gasteiger charge is 2.26. The number of amides is 1. The summed E-state index contributed by atoms with van der Waals surface area (Å²) in [7, 11) is 0. The van der Waals surface area contributed by atoms with Gasteiger partial charge in [-0.15, -0.1) is 0 Å². The Kier molecular flexibility index (Phi) is 6.52. The van der Waals surface area contributed by atoms with E-state index in [1.54, 1.807) is 12.1 Å². The highest BCUT2D eigenvalue weighted by Crippen LogP contribution is 2.25. The van der Waals surface area contributed by atoms with Crippen LogP contribution < -0.4 is 0 Å². The van der Waals surface area contributed by atoms with E-state index < -0.39 is 0 Å². The van der Waals surface area contributed by atoms with Gasteiger partial charge in [0.2, 0.25) is 17.6 Å². The molecule has 0 bridgehead atoms. The lowest BCUT2D eigenvalue weighted by Gasteiger charge is -2.34. The molecule has 5 nitrogen and oxygen atoms in total. The summed E-state index contributed by atoms with van der Waals surface area (Å²) < 4.78 is 18.6. The molecule has 1 saturated carbocycles. The van der Waals surface area contributed by atoms with Gasteiger partial charge >= 0.3 is 0 Å². The number of hydrogen-bond donors (Lipinski definition) is 0. The molecule has 1 aliphatic rings. The van der Waals surface area contributed by atoms with Crippen molar-refractivity contribution in [2.24, 2.45) is 0 Å². The lowest BCUT2D eigenvalue weighted by atomic mass is 9.93. The van der Waals surface area contributed by atoms with Crippen LogP contribution in [0, 0.1) is 5.82 Å². The number of benzene rings is 2.